The Kier molecular flexibility index (Phi) is 23.4. The van der Waals surface area contributed by atoms with E-state index in [9.17, 15) is 19.8 Å². The van der Waals surface area contributed by atoms with Gasteiger partial charge in [-0.05, 0) is 48.5 Å². The smallest absolute Gasteiger partial charge is 0.312 e. The van der Waals surface area contributed by atoms with Crippen LogP contribution in [0.15, 0.2) is 72.8 Å². The van der Waals surface area contributed by atoms with Crippen molar-refractivity contribution in [3.05, 3.63) is 83.9 Å². The third-order valence-electron chi connectivity index (χ3n) is 12.2. The Balaban J connectivity index is 0.00000392. The maximum atomic E-state index is 13.5. The lowest BCUT2D eigenvalue weighted by molar-refractivity contribution is -1.01. The second kappa shape index (κ2) is 25.3. The predicted molar refractivity (Wildman–Crippen MR) is 202 cm³/mol. The van der Waals surface area contributed by atoms with Crippen LogP contribution in [0.5, 0.6) is 0 Å². The molecule has 0 aromatic heterocycles. The summed E-state index contributed by atoms with van der Waals surface area (Å²) in [5, 5.41) is 21.5. The highest BCUT2D eigenvalue weighted by atomic mass is 35.5. The first-order valence-electron chi connectivity index (χ1n) is 19.5. The highest BCUT2D eigenvalue weighted by Gasteiger charge is 2.59. The van der Waals surface area contributed by atoms with Gasteiger partial charge in [-0.25, -0.2) is 0 Å². The number of carbonyl (C=O) groups is 2. The average Bonchev–Trinajstić information content (AvgIpc) is 3.40. The largest absolute Gasteiger partial charge is 1.00 e. The number of piperazine rings is 2. The molecular weight excluding hydrogens is 798 g/mol. The van der Waals surface area contributed by atoms with Crippen molar-refractivity contribution in [1.82, 2.24) is 0 Å². The molecule has 10 nitrogen and oxygen atoms in total. The number of aliphatic hydroxyl groups excluding tert-OH is 2. The summed E-state index contributed by atoms with van der Waals surface area (Å²) < 4.78 is 11.4. The Morgan fingerprint density at radius 3 is 1.48 bits per heavy atom. The van der Waals surface area contributed by atoms with Gasteiger partial charge in [-0.15, -0.1) is 0 Å². The van der Waals surface area contributed by atoms with Crippen LogP contribution in [0, 0.1) is 16.7 Å². The molecule has 0 bridgehead atoms. The number of carbonyl (C=O) groups excluding carboxylic acids is 2. The van der Waals surface area contributed by atoms with Gasteiger partial charge in [0.25, 0.3) is 0 Å². The first-order valence-corrected chi connectivity index (χ1v) is 19.5. The monoisotopic (exact) mass is 860 g/mol. The van der Waals surface area contributed by atoms with Crippen molar-refractivity contribution in [1.29, 1.82) is 0 Å². The van der Waals surface area contributed by atoms with Gasteiger partial charge in [-0.3, -0.25) is 9.59 Å². The van der Waals surface area contributed by atoms with Crippen LogP contribution >= 0.6 is 0 Å². The Bertz CT molecular complexity index is 1470. The predicted octanol–water partition coefficient (Wildman–Crippen LogP) is -13.8. The molecule has 2 aromatic rings. The quantitative estimate of drug-likeness (QED) is 0.0938. The molecule has 6 N–H and O–H groups in total. The molecule has 0 spiro atoms. The fourth-order valence-corrected chi connectivity index (χ4v) is 8.25. The standard InChI is InChI=1S/C42H60N4O6.4ClH/c1-41(2)38(39(49)51-32-36(47)30-45-26-22-43(23-27-45)20-10-16-34-12-6-4-7-13-34)18-19-42(41,3)40(50)52-33-37(48)31-46-28-24-44(25-29-46)21-11-17-35-14-8-5-9-15-35;;;;/h4-17,36-38,47-48H,18-33H2,1-3H3;4*1H/b16-10-,17-11-;;;;. The molecule has 4 unspecified atom stereocenters. The number of rotatable bonds is 16. The molecule has 14 heteroatoms. The van der Waals surface area contributed by atoms with Crippen LogP contribution in [0.1, 0.15) is 44.7 Å². The van der Waals surface area contributed by atoms with E-state index in [1.807, 2.05) is 57.2 Å². The molecule has 2 heterocycles. The van der Waals surface area contributed by atoms with Gasteiger partial charge in [0.15, 0.2) is 0 Å². The number of nitrogens with one attached hydrogen (secondary N) is 4. The van der Waals surface area contributed by atoms with E-state index >= 15 is 0 Å². The highest BCUT2D eigenvalue weighted by molar-refractivity contribution is 5.82. The minimum Gasteiger partial charge on any atom is -1.00 e. The molecule has 3 aliphatic rings. The van der Waals surface area contributed by atoms with Gasteiger partial charge in [0, 0.05) is 0 Å². The van der Waals surface area contributed by atoms with Crippen LogP contribution in [0.4, 0.5) is 0 Å². The van der Waals surface area contributed by atoms with Crippen molar-refractivity contribution in [2.45, 2.75) is 45.8 Å². The van der Waals surface area contributed by atoms with Crippen LogP contribution in [-0.2, 0) is 19.1 Å². The summed E-state index contributed by atoms with van der Waals surface area (Å²) in [6, 6.07) is 20.7. The second-order valence-electron chi connectivity index (χ2n) is 16.1. The van der Waals surface area contributed by atoms with Crippen molar-refractivity contribution >= 4 is 24.1 Å². The van der Waals surface area contributed by atoms with Crippen LogP contribution in [-0.4, -0.2) is 126 Å². The first-order chi connectivity index (χ1) is 25.0. The maximum Gasteiger partial charge on any atom is 0.312 e. The van der Waals surface area contributed by atoms with E-state index in [1.54, 1.807) is 0 Å². The Morgan fingerprint density at radius 2 is 1.05 bits per heavy atom. The van der Waals surface area contributed by atoms with Crippen LogP contribution in [0.25, 0.3) is 12.2 Å². The van der Waals surface area contributed by atoms with Crippen LogP contribution in [0.2, 0.25) is 0 Å². The summed E-state index contributed by atoms with van der Waals surface area (Å²) in [7, 11) is 0. The van der Waals surface area contributed by atoms with E-state index in [0.29, 0.717) is 25.9 Å². The zero-order valence-electron chi connectivity index (χ0n) is 33.2. The number of aliphatic hydroxyl groups is 2. The fraction of sp³-hybridized carbons (Fsp3) is 0.571. The van der Waals surface area contributed by atoms with Crippen molar-refractivity contribution in [3.63, 3.8) is 0 Å². The second-order valence-corrected chi connectivity index (χ2v) is 16.1. The Hall–Kier alpha value is -2.22. The number of esters is 2. The number of quaternary nitrogens is 4. The van der Waals surface area contributed by atoms with Gasteiger partial charge in [0.2, 0.25) is 0 Å². The third-order valence-corrected chi connectivity index (χ3v) is 12.2. The van der Waals surface area contributed by atoms with E-state index in [2.05, 4.69) is 48.6 Å². The molecule has 1 saturated carbocycles. The average molecular weight is 863 g/mol. The summed E-state index contributed by atoms with van der Waals surface area (Å²) >= 11 is 0. The number of hydrogen-bond acceptors (Lipinski definition) is 6. The fourth-order valence-electron chi connectivity index (χ4n) is 8.25. The molecule has 316 valence electrons. The number of halogens is 4. The van der Waals surface area contributed by atoms with Gasteiger partial charge < -0.3 is 88.9 Å². The van der Waals surface area contributed by atoms with E-state index in [1.165, 1.54) is 30.7 Å². The lowest BCUT2D eigenvalue weighted by Gasteiger charge is -2.39. The molecular formula is C42H64Cl4N4O6. The van der Waals surface area contributed by atoms with Gasteiger partial charge in [0.1, 0.15) is 90.9 Å². The van der Waals surface area contributed by atoms with Gasteiger partial charge in [-0.2, -0.15) is 0 Å². The molecule has 3 fully saturated rings. The number of benzene rings is 2. The van der Waals surface area contributed by atoms with Crippen molar-refractivity contribution in [2.24, 2.45) is 16.7 Å². The molecule has 56 heavy (non-hydrogen) atoms. The van der Waals surface area contributed by atoms with Crippen molar-refractivity contribution < 1.29 is 98.5 Å². The molecule has 1 aliphatic carbocycles. The lowest BCUT2D eigenvalue weighted by Crippen LogP contribution is -3.28. The lowest BCUT2D eigenvalue weighted by atomic mass is 9.65. The zero-order valence-corrected chi connectivity index (χ0v) is 36.2. The zero-order chi connectivity index (χ0) is 37.0. The van der Waals surface area contributed by atoms with Crippen LogP contribution < -0.4 is 69.2 Å². The van der Waals surface area contributed by atoms with E-state index in [-0.39, 0.29) is 74.8 Å². The maximum absolute atomic E-state index is 13.5. The SMILES string of the molecule is CC1(C(=O)OCC(O)C[NH+]2CC[NH+](C/C=C\c3ccccc3)CC2)CCC(C(=O)OCC(O)C[NH+]2CC[NH+](C/C=C\c3ccccc3)CC2)C1(C)C.[Cl-].[Cl-].[Cl-].[Cl-]. The molecule has 0 amide bonds. The summed E-state index contributed by atoms with van der Waals surface area (Å²) in [6.07, 6.45) is 8.36. The van der Waals surface area contributed by atoms with Gasteiger partial charge in [-0.1, -0.05) is 86.7 Å². The van der Waals surface area contributed by atoms with Crippen molar-refractivity contribution in [2.75, 3.05) is 91.8 Å². The number of ether oxygens (including phenoxy) is 2. The summed E-state index contributed by atoms with van der Waals surface area (Å²) in [6.45, 7) is 16.7. The summed E-state index contributed by atoms with van der Waals surface area (Å²) in [4.78, 5) is 32.5. The minimum absolute atomic E-state index is 0. The third kappa shape index (κ3) is 14.9. The van der Waals surface area contributed by atoms with Crippen molar-refractivity contribution in [3.8, 4) is 0 Å². The Labute approximate surface area is 359 Å². The highest BCUT2D eigenvalue weighted by Crippen LogP contribution is 2.56. The van der Waals surface area contributed by atoms with Gasteiger partial charge in [0.05, 0.1) is 24.4 Å². The first kappa shape index (κ1) is 51.8. The molecule has 2 saturated heterocycles. The molecule has 4 atom stereocenters. The van der Waals surface area contributed by atoms with E-state index in [4.69, 9.17) is 9.47 Å². The number of hydrogen-bond donors (Lipinski definition) is 6. The molecule has 2 aromatic carbocycles. The molecule has 5 rings (SSSR count). The Morgan fingerprint density at radius 1 is 0.661 bits per heavy atom. The normalized spacial score (nSPS) is 26.8. The van der Waals surface area contributed by atoms with E-state index in [0.717, 1.165) is 65.4 Å². The topological polar surface area (TPSA) is 111 Å². The molecule has 0 radical (unpaired) electrons. The van der Waals surface area contributed by atoms with Gasteiger partial charge >= 0.3 is 11.9 Å². The summed E-state index contributed by atoms with van der Waals surface area (Å²) in [5.41, 5.74) is 0.846. The summed E-state index contributed by atoms with van der Waals surface area (Å²) in [5.74, 6) is -1.21. The van der Waals surface area contributed by atoms with E-state index < -0.39 is 29.0 Å². The minimum atomic E-state index is -0.882. The van der Waals surface area contributed by atoms with Crippen LogP contribution in [0.3, 0.4) is 0 Å². The molecule has 2 aliphatic heterocycles.